The van der Waals surface area contributed by atoms with Crippen LogP contribution in [0.5, 0.6) is 0 Å². The lowest BCUT2D eigenvalue weighted by molar-refractivity contribution is 0.0936. The second kappa shape index (κ2) is 9.43. The largest absolute Gasteiger partial charge is 0.349 e. The third kappa shape index (κ3) is 5.26. The summed E-state index contributed by atoms with van der Waals surface area (Å²) in [7, 11) is 0. The molecule has 0 saturated carbocycles. The zero-order valence-corrected chi connectivity index (χ0v) is 16.7. The maximum atomic E-state index is 12.5. The minimum absolute atomic E-state index is 0.0228. The maximum absolute atomic E-state index is 12.5. The molecule has 0 unspecified atom stereocenters. The molecule has 0 radical (unpaired) electrons. The summed E-state index contributed by atoms with van der Waals surface area (Å²) in [5.41, 5.74) is 3.45. The smallest absolute Gasteiger partial charge is 0.270 e. The van der Waals surface area contributed by atoms with Gasteiger partial charge in [-0.25, -0.2) is 4.98 Å². The molecule has 0 aliphatic rings. The molecule has 3 rings (SSSR count). The molecule has 0 fully saturated rings. The van der Waals surface area contributed by atoms with Crippen LogP contribution in [0.1, 0.15) is 46.0 Å². The minimum atomic E-state index is -0.383. The van der Waals surface area contributed by atoms with E-state index >= 15 is 0 Å². The average molecular weight is 399 g/mol. The third-order valence-corrected chi connectivity index (χ3v) is 4.21. The van der Waals surface area contributed by atoms with Crippen LogP contribution in [0.15, 0.2) is 60.9 Å². The molecule has 0 aliphatic heterocycles. The van der Waals surface area contributed by atoms with Gasteiger partial charge in [0.15, 0.2) is 0 Å². The van der Waals surface area contributed by atoms with Crippen LogP contribution in [-0.4, -0.2) is 27.8 Å². The van der Waals surface area contributed by atoms with E-state index in [9.17, 15) is 9.59 Å². The van der Waals surface area contributed by atoms with Crippen LogP contribution in [0.2, 0.25) is 0 Å². The van der Waals surface area contributed by atoms with Crippen LogP contribution in [0.4, 0.5) is 0 Å². The Balaban J connectivity index is 1.69. The Hall–Kier alpha value is -4.05. The number of hydrogen-bond acceptors (Lipinski definition) is 5. The number of nitriles is 1. The zero-order valence-electron chi connectivity index (χ0n) is 16.7. The van der Waals surface area contributed by atoms with Gasteiger partial charge in [0, 0.05) is 30.5 Å². The Labute approximate surface area is 174 Å². The first-order chi connectivity index (χ1) is 14.5. The van der Waals surface area contributed by atoms with Crippen molar-refractivity contribution in [2.75, 3.05) is 0 Å². The standard InChI is InChI=1S/C23H21N5O2/c1-15(2)27-23(30)21-8-4-7-20(28-21)22(29)26-13-17-10-19(14-25-12-17)18-6-3-5-16(9-18)11-24/h3-10,12,14-15H,13H2,1-2H3,(H,26,29)(H,27,30). The molecule has 1 aromatic carbocycles. The summed E-state index contributed by atoms with van der Waals surface area (Å²) in [6.07, 6.45) is 3.37. The molecule has 0 spiro atoms. The van der Waals surface area contributed by atoms with Crippen LogP contribution < -0.4 is 10.6 Å². The minimum Gasteiger partial charge on any atom is -0.349 e. The fourth-order valence-electron chi connectivity index (χ4n) is 2.81. The highest BCUT2D eigenvalue weighted by atomic mass is 16.2. The Morgan fingerprint density at radius 2 is 1.73 bits per heavy atom. The molecule has 0 bridgehead atoms. The van der Waals surface area contributed by atoms with Gasteiger partial charge in [-0.1, -0.05) is 18.2 Å². The fraction of sp³-hybridized carbons (Fsp3) is 0.174. The normalized spacial score (nSPS) is 10.3. The molecule has 0 saturated heterocycles. The SMILES string of the molecule is CC(C)NC(=O)c1cccc(C(=O)NCc2cncc(-c3cccc(C#N)c3)c2)n1. The van der Waals surface area contributed by atoms with Gasteiger partial charge in [0.25, 0.3) is 11.8 Å². The van der Waals surface area contributed by atoms with Gasteiger partial charge in [0.1, 0.15) is 11.4 Å². The second-order valence-corrected chi connectivity index (χ2v) is 6.99. The van der Waals surface area contributed by atoms with Crippen LogP contribution in [0.3, 0.4) is 0 Å². The highest BCUT2D eigenvalue weighted by Crippen LogP contribution is 2.20. The summed E-state index contributed by atoms with van der Waals surface area (Å²) in [6.45, 7) is 3.96. The molecule has 0 aliphatic carbocycles. The molecule has 2 heterocycles. The van der Waals surface area contributed by atoms with E-state index in [0.717, 1.165) is 16.7 Å². The van der Waals surface area contributed by atoms with Crippen molar-refractivity contribution in [2.45, 2.75) is 26.4 Å². The molecule has 0 atom stereocenters. The van der Waals surface area contributed by atoms with E-state index in [1.807, 2.05) is 32.0 Å². The van der Waals surface area contributed by atoms with Gasteiger partial charge < -0.3 is 10.6 Å². The number of benzene rings is 1. The fourth-order valence-corrected chi connectivity index (χ4v) is 2.81. The number of carbonyl (C=O) groups excluding carboxylic acids is 2. The molecule has 2 N–H and O–H groups in total. The number of hydrogen-bond donors (Lipinski definition) is 2. The first kappa shape index (κ1) is 20.7. The molecule has 2 amide bonds. The molecule has 3 aromatic rings. The molecule has 30 heavy (non-hydrogen) atoms. The average Bonchev–Trinajstić information content (AvgIpc) is 2.77. The van der Waals surface area contributed by atoms with Crippen molar-refractivity contribution in [3.05, 3.63) is 83.4 Å². The van der Waals surface area contributed by atoms with Gasteiger partial charge in [-0.2, -0.15) is 5.26 Å². The lowest BCUT2D eigenvalue weighted by Crippen LogP contribution is -2.31. The number of pyridine rings is 2. The highest BCUT2D eigenvalue weighted by Gasteiger charge is 2.13. The van der Waals surface area contributed by atoms with Gasteiger partial charge in [0.05, 0.1) is 11.6 Å². The van der Waals surface area contributed by atoms with Crippen LogP contribution in [0, 0.1) is 11.3 Å². The number of nitrogens with zero attached hydrogens (tertiary/aromatic N) is 3. The Kier molecular flexibility index (Phi) is 6.50. The van der Waals surface area contributed by atoms with Crippen molar-refractivity contribution in [1.29, 1.82) is 5.26 Å². The quantitative estimate of drug-likeness (QED) is 0.662. The zero-order chi connectivity index (χ0) is 21.5. The first-order valence-electron chi connectivity index (χ1n) is 9.47. The number of rotatable bonds is 6. The molecule has 2 aromatic heterocycles. The van der Waals surface area contributed by atoms with Gasteiger partial charge in [-0.05, 0) is 55.3 Å². The topological polar surface area (TPSA) is 108 Å². The summed E-state index contributed by atoms with van der Waals surface area (Å²) < 4.78 is 0. The second-order valence-electron chi connectivity index (χ2n) is 6.99. The van der Waals surface area contributed by atoms with Crippen molar-refractivity contribution in [1.82, 2.24) is 20.6 Å². The number of carbonyl (C=O) groups is 2. The lowest BCUT2D eigenvalue weighted by atomic mass is 10.0. The van der Waals surface area contributed by atoms with E-state index in [4.69, 9.17) is 5.26 Å². The lowest BCUT2D eigenvalue weighted by Gasteiger charge is -2.09. The van der Waals surface area contributed by atoms with Gasteiger partial charge >= 0.3 is 0 Å². The molecular formula is C23H21N5O2. The molecule has 150 valence electrons. The van der Waals surface area contributed by atoms with E-state index in [-0.39, 0.29) is 35.8 Å². The van der Waals surface area contributed by atoms with Crippen molar-refractivity contribution in [3.8, 4) is 17.2 Å². The van der Waals surface area contributed by atoms with Gasteiger partial charge in [-0.3, -0.25) is 14.6 Å². The Bertz CT molecular complexity index is 1120. The summed E-state index contributed by atoms with van der Waals surface area (Å²) >= 11 is 0. The Morgan fingerprint density at radius 3 is 2.47 bits per heavy atom. The molecule has 7 heteroatoms. The van der Waals surface area contributed by atoms with E-state index < -0.39 is 0 Å². The summed E-state index contributed by atoms with van der Waals surface area (Å²) in [6, 6.07) is 16.0. The van der Waals surface area contributed by atoms with Crippen LogP contribution in [-0.2, 0) is 6.54 Å². The number of amides is 2. The van der Waals surface area contributed by atoms with Crippen molar-refractivity contribution in [3.63, 3.8) is 0 Å². The summed E-state index contributed by atoms with van der Waals surface area (Å²) in [5, 5.41) is 14.6. The summed E-state index contributed by atoms with van der Waals surface area (Å²) in [5.74, 6) is -0.706. The highest BCUT2D eigenvalue weighted by molar-refractivity contribution is 5.96. The molecular weight excluding hydrogens is 378 g/mol. The number of nitrogens with one attached hydrogen (secondary N) is 2. The van der Waals surface area contributed by atoms with E-state index in [2.05, 4.69) is 26.7 Å². The van der Waals surface area contributed by atoms with Crippen LogP contribution in [0.25, 0.3) is 11.1 Å². The van der Waals surface area contributed by atoms with Crippen molar-refractivity contribution < 1.29 is 9.59 Å². The molecule has 7 nitrogen and oxygen atoms in total. The predicted molar refractivity (Wildman–Crippen MR) is 112 cm³/mol. The Morgan fingerprint density at radius 1 is 1.00 bits per heavy atom. The van der Waals surface area contributed by atoms with Crippen LogP contribution >= 0.6 is 0 Å². The van der Waals surface area contributed by atoms with E-state index in [1.54, 1.807) is 42.7 Å². The third-order valence-electron chi connectivity index (χ3n) is 4.21. The maximum Gasteiger partial charge on any atom is 0.270 e. The first-order valence-corrected chi connectivity index (χ1v) is 9.47. The van der Waals surface area contributed by atoms with E-state index in [0.29, 0.717) is 5.56 Å². The monoisotopic (exact) mass is 399 g/mol. The predicted octanol–water partition coefficient (Wildman–Crippen LogP) is 3.08. The number of aromatic nitrogens is 2. The van der Waals surface area contributed by atoms with Gasteiger partial charge in [0.2, 0.25) is 0 Å². The van der Waals surface area contributed by atoms with E-state index in [1.165, 1.54) is 0 Å². The van der Waals surface area contributed by atoms with Crippen molar-refractivity contribution in [2.24, 2.45) is 0 Å². The van der Waals surface area contributed by atoms with Crippen molar-refractivity contribution >= 4 is 11.8 Å². The summed E-state index contributed by atoms with van der Waals surface area (Å²) in [4.78, 5) is 33.0. The van der Waals surface area contributed by atoms with Gasteiger partial charge in [-0.15, -0.1) is 0 Å².